The number of carbonyl (C=O) groups is 4. The number of halogens is 2. The Labute approximate surface area is 371 Å². The van der Waals surface area contributed by atoms with Crippen LogP contribution in [0.3, 0.4) is 0 Å². The van der Waals surface area contributed by atoms with Crippen molar-refractivity contribution in [2.24, 2.45) is 30.3 Å². The molecular formula is C46H54Cl2N8O6. The molecule has 5 aliphatic rings. The molecule has 0 atom stereocenters. The van der Waals surface area contributed by atoms with Crippen molar-refractivity contribution in [3.8, 4) is 11.1 Å². The highest BCUT2D eigenvalue weighted by Crippen LogP contribution is 2.63. The van der Waals surface area contributed by atoms with E-state index in [4.69, 9.17) is 33.2 Å². The molecule has 328 valence electrons. The van der Waals surface area contributed by atoms with Crippen LogP contribution in [0.5, 0.6) is 0 Å². The Bertz CT molecular complexity index is 2480. The van der Waals surface area contributed by atoms with Crippen LogP contribution in [0.25, 0.3) is 11.1 Å². The maximum Gasteiger partial charge on any atom is 0.309 e. The van der Waals surface area contributed by atoms with Gasteiger partial charge < -0.3 is 30.0 Å². The normalized spacial score (nSPS) is 25.9. The van der Waals surface area contributed by atoms with Gasteiger partial charge in [0.15, 0.2) is 11.6 Å². The van der Waals surface area contributed by atoms with E-state index in [1.54, 1.807) is 24.3 Å². The molecule has 2 amide bonds. The molecule has 3 saturated carbocycles. The van der Waals surface area contributed by atoms with Crippen LogP contribution in [0.15, 0.2) is 36.4 Å². The minimum absolute atomic E-state index is 0.122. The van der Waals surface area contributed by atoms with E-state index in [-0.39, 0.29) is 33.2 Å². The van der Waals surface area contributed by atoms with Gasteiger partial charge in [-0.1, -0.05) is 47.5 Å². The van der Waals surface area contributed by atoms with E-state index in [0.29, 0.717) is 54.3 Å². The van der Waals surface area contributed by atoms with Crippen LogP contribution in [0.1, 0.15) is 115 Å². The first-order valence-corrected chi connectivity index (χ1v) is 22.6. The second-order valence-electron chi connectivity index (χ2n) is 18.9. The summed E-state index contributed by atoms with van der Waals surface area (Å²) in [5.74, 6) is -1.58. The predicted octanol–water partition coefficient (Wildman–Crippen LogP) is 7.81. The van der Waals surface area contributed by atoms with Crippen LogP contribution in [0.2, 0.25) is 10.0 Å². The Morgan fingerprint density at radius 3 is 1.79 bits per heavy atom. The Morgan fingerprint density at radius 2 is 1.27 bits per heavy atom. The number of hydrogen-bond donors (Lipinski definition) is 4. The number of carboxylic acids is 2. The Balaban J connectivity index is 0.849. The number of nitrogens with zero attached hydrogens (tertiary/aromatic N) is 6. The number of aromatic nitrogens is 4. The van der Waals surface area contributed by atoms with E-state index >= 15 is 0 Å². The smallest absolute Gasteiger partial charge is 0.309 e. The highest BCUT2D eigenvalue weighted by Gasteiger charge is 2.57. The Morgan fingerprint density at radius 1 is 0.742 bits per heavy atom. The zero-order chi connectivity index (χ0) is 43.7. The van der Waals surface area contributed by atoms with Gasteiger partial charge in [0.1, 0.15) is 0 Å². The second kappa shape index (κ2) is 16.1. The number of nitrogens with one attached hydrogen (secondary N) is 2. The van der Waals surface area contributed by atoms with Gasteiger partial charge in [-0.25, -0.2) is 9.97 Å². The fourth-order valence-electron chi connectivity index (χ4n) is 11.2. The average Bonchev–Trinajstić information content (AvgIpc) is 4.02. The Kier molecular flexibility index (Phi) is 11.0. The van der Waals surface area contributed by atoms with Gasteiger partial charge in [0, 0.05) is 81.7 Å². The van der Waals surface area contributed by atoms with E-state index in [0.717, 1.165) is 107 Å². The lowest BCUT2D eigenvalue weighted by Crippen LogP contribution is -2.44. The minimum atomic E-state index is -0.728. The molecule has 2 aromatic carbocycles. The van der Waals surface area contributed by atoms with Crippen LogP contribution in [-0.4, -0.2) is 88.5 Å². The standard InChI is InChI=1S/C46H54Cl2N8O6/c1-44(42(59)60)14-10-27(11-15-44)56-22-13-35-33(25-56)50-39(54(35)3)41(58)52-31-9-5-7-29(37(31)48)28-6-4-8-30(36(28)47)51-40(57)38-49-32-24-55(21-12-34(32)53(38)2)23-20-45-16-18-46(26-45,19-17-45)43(61)62/h4-9,27H,10-26H2,1-3H3,(H,51,57)(H,52,58)(H,59,60)(H,61,62). The number of amides is 2. The molecule has 0 radical (unpaired) electrons. The lowest BCUT2D eigenvalue weighted by atomic mass is 9.73. The molecule has 0 spiro atoms. The third kappa shape index (κ3) is 7.50. The molecule has 14 nitrogen and oxygen atoms in total. The molecule has 3 fully saturated rings. The third-order valence-electron chi connectivity index (χ3n) is 15.3. The summed E-state index contributed by atoms with van der Waals surface area (Å²) in [6.07, 6.45) is 9.74. The van der Waals surface area contributed by atoms with Crippen LogP contribution >= 0.6 is 23.2 Å². The van der Waals surface area contributed by atoms with Gasteiger partial charge in [-0.2, -0.15) is 0 Å². The van der Waals surface area contributed by atoms with Crippen LogP contribution in [0, 0.1) is 16.2 Å². The van der Waals surface area contributed by atoms with E-state index in [1.165, 1.54) is 0 Å². The number of benzene rings is 2. The third-order valence-corrected chi connectivity index (χ3v) is 16.1. The quantitative estimate of drug-likeness (QED) is 0.116. The number of hydrogen-bond acceptors (Lipinski definition) is 8. The molecule has 2 aromatic heterocycles. The number of carboxylic acid groups (broad SMARTS) is 2. The molecule has 16 heteroatoms. The molecule has 2 bridgehead atoms. The number of carbonyl (C=O) groups excluding carboxylic acids is 2. The van der Waals surface area contributed by atoms with Crippen molar-refractivity contribution >= 4 is 58.3 Å². The lowest BCUT2D eigenvalue weighted by Gasteiger charge is -2.41. The number of aliphatic carboxylic acids is 2. The highest BCUT2D eigenvalue weighted by atomic mass is 35.5. The van der Waals surface area contributed by atoms with E-state index in [2.05, 4.69) is 20.4 Å². The average molecular weight is 886 g/mol. The minimum Gasteiger partial charge on any atom is -0.481 e. The van der Waals surface area contributed by atoms with E-state index < -0.39 is 28.7 Å². The SMILES string of the molecule is Cn1c(C(=O)Nc2cccc(-c3cccc(NC(=O)c4nc5c(n4C)CCN(C4CCC(C)(C(=O)O)CC4)C5)c3Cl)c2Cl)nc2c1CCN(CCC13CCC(C(=O)O)(CC1)C3)C2. The van der Waals surface area contributed by atoms with Gasteiger partial charge in [0.25, 0.3) is 11.8 Å². The van der Waals surface area contributed by atoms with Gasteiger partial charge in [0.05, 0.1) is 43.6 Å². The van der Waals surface area contributed by atoms with Crippen molar-refractivity contribution < 1.29 is 29.4 Å². The molecule has 0 saturated heterocycles. The van der Waals surface area contributed by atoms with Crippen LogP contribution < -0.4 is 10.6 Å². The molecule has 4 heterocycles. The fraction of sp³-hybridized carbons (Fsp3) is 0.522. The summed E-state index contributed by atoms with van der Waals surface area (Å²) >= 11 is 14.0. The van der Waals surface area contributed by atoms with Crippen molar-refractivity contribution in [2.45, 2.75) is 103 Å². The summed E-state index contributed by atoms with van der Waals surface area (Å²) in [7, 11) is 3.71. The topological polar surface area (TPSA) is 175 Å². The molecule has 2 aliphatic heterocycles. The molecule has 4 N–H and O–H groups in total. The van der Waals surface area contributed by atoms with Crippen molar-refractivity contribution in [1.82, 2.24) is 28.9 Å². The summed E-state index contributed by atoms with van der Waals surface area (Å²) in [5.41, 5.74) is 4.63. The number of imidazole rings is 2. The van der Waals surface area contributed by atoms with Crippen molar-refractivity contribution in [3.05, 3.63) is 80.9 Å². The summed E-state index contributed by atoms with van der Waals surface area (Å²) < 4.78 is 3.71. The number of anilines is 2. The number of fused-ring (bicyclic) bond motifs is 4. The monoisotopic (exact) mass is 884 g/mol. The summed E-state index contributed by atoms with van der Waals surface area (Å²) in [6, 6.07) is 10.9. The molecule has 62 heavy (non-hydrogen) atoms. The van der Waals surface area contributed by atoms with Crippen LogP contribution in [0.4, 0.5) is 11.4 Å². The first kappa shape index (κ1) is 42.5. The fourth-order valence-corrected chi connectivity index (χ4v) is 11.8. The van der Waals surface area contributed by atoms with Gasteiger partial charge >= 0.3 is 11.9 Å². The first-order valence-electron chi connectivity index (χ1n) is 21.8. The zero-order valence-corrected chi connectivity index (χ0v) is 37.0. The van der Waals surface area contributed by atoms with Crippen molar-refractivity contribution in [2.75, 3.05) is 30.3 Å². The van der Waals surface area contributed by atoms with Gasteiger partial charge in [-0.3, -0.25) is 29.0 Å². The van der Waals surface area contributed by atoms with Gasteiger partial charge in [0.2, 0.25) is 0 Å². The molecule has 3 aliphatic carbocycles. The van der Waals surface area contributed by atoms with E-state index in [1.807, 2.05) is 42.3 Å². The van der Waals surface area contributed by atoms with Gasteiger partial charge in [-0.05, 0) is 95.2 Å². The second-order valence-corrected chi connectivity index (χ2v) is 19.6. The first-order chi connectivity index (χ1) is 29.6. The summed E-state index contributed by atoms with van der Waals surface area (Å²) in [6.45, 7) is 5.63. The van der Waals surface area contributed by atoms with Crippen molar-refractivity contribution in [1.29, 1.82) is 0 Å². The summed E-state index contributed by atoms with van der Waals surface area (Å²) in [4.78, 5) is 65.7. The lowest BCUT2D eigenvalue weighted by molar-refractivity contribution is -0.150. The van der Waals surface area contributed by atoms with Gasteiger partial charge in [-0.15, -0.1) is 0 Å². The molecule has 9 rings (SSSR count). The molecular weight excluding hydrogens is 831 g/mol. The predicted molar refractivity (Wildman–Crippen MR) is 236 cm³/mol. The Hall–Kier alpha value is -4.76. The van der Waals surface area contributed by atoms with E-state index in [9.17, 15) is 29.4 Å². The maximum atomic E-state index is 13.8. The van der Waals surface area contributed by atoms with Crippen LogP contribution in [-0.2, 0) is 49.6 Å². The molecule has 4 aromatic rings. The van der Waals surface area contributed by atoms with Crippen molar-refractivity contribution in [3.63, 3.8) is 0 Å². The highest BCUT2D eigenvalue weighted by molar-refractivity contribution is 6.40. The maximum absolute atomic E-state index is 13.8. The zero-order valence-electron chi connectivity index (χ0n) is 35.5. The largest absolute Gasteiger partial charge is 0.481 e. The summed E-state index contributed by atoms with van der Waals surface area (Å²) in [5, 5.41) is 26.0. The number of rotatable bonds is 11. The molecule has 0 unspecified atom stereocenters.